The SMILES string of the molecule is CCCC(C)CC(C)=CCCNC(C)(C)C. The fourth-order valence-electron chi connectivity index (χ4n) is 1.99. The van der Waals surface area contributed by atoms with E-state index < -0.39 is 0 Å². The van der Waals surface area contributed by atoms with Crippen molar-refractivity contribution >= 4 is 0 Å². The van der Waals surface area contributed by atoms with Crippen molar-refractivity contribution < 1.29 is 0 Å². The summed E-state index contributed by atoms with van der Waals surface area (Å²) in [7, 11) is 0. The first-order valence-corrected chi connectivity index (χ1v) is 6.75. The lowest BCUT2D eigenvalue weighted by Crippen LogP contribution is -2.36. The molecule has 16 heavy (non-hydrogen) atoms. The normalized spacial score (nSPS) is 15.2. The predicted octanol–water partition coefficient (Wildman–Crippen LogP) is 4.54. The van der Waals surface area contributed by atoms with E-state index in [0.717, 1.165) is 18.9 Å². The Balaban J connectivity index is 3.70. The Morgan fingerprint density at radius 1 is 1.31 bits per heavy atom. The van der Waals surface area contributed by atoms with Crippen LogP contribution < -0.4 is 5.32 Å². The van der Waals surface area contributed by atoms with Gasteiger partial charge in [0.25, 0.3) is 0 Å². The van der Waals surface area contributed by atoms with Crippen LogP contribution in [0.1, 0.15) is 67.2 Å². The van der Waals surface area contributed by atoms with Crippen LogP contribution in [-0.2, 0) is 0 Å². The van der Waals surface area contributed by atoms with E-state index in [1.807, 2.05) is 0 Å². The van der Waals surface area contributed by atoms with Crippen molar-refractivity contribution in [3.8, 4) is 0 Å². The molecule has 1 heteroatoms. The summed E-state index contributed by atoms with van der Waals surface area (Å²) in [6, 6.07) is 0. The second kappa shape index (κ2) is 7.89. The second-order valence-corrected chi connectivity index (χ2v) is 6.11. The molecule has 0 radical (unpaired) electrons. The van der Waals surface area contributed by atoms with Crippen LogP contribution in [0.4, 0.5) is 0 Å². The zero-order valence-electron chi connectivity index (χ0n) is 12.2. The van der Waals surface area contributed by atoms with E-state index in [0.29, 0.717) is 0 Å². The Labute approximate surface area is 103 Å². The maximum absolute atomic E-state index is 3.51. The van der Waals surface area contributed by atoms with Crippen molar-refractivity contribution in [2.75, 3.05) is 6.54 Å². The first-order valence-electron chi connectivity index (χ1n) is 6.75. The molecule has 0 bridgehead atoms. The van der Waals surface area contributed by atoms with Crippen LogP contribution in [-0.4, -0.2) is 12.1 Å². The molecule has 1 N–H and O–H groups in total. The van der Waals surface area contributed by atoms with E-state index in [4.69, 9.17) is 0 Å². The minimum absolute atomic E-state index is 0.247. The summed E-state index contributed by atoms with van der Waals surface area (Å²) in [4.78, 5) is 0. The third-order valence-electron chi connectivity index (χ3n) is 2.74. The smallest absolute Gasteiger partial charge is 0.00966 e. The molecule has 0 aromatic carbocycles. The van der Waals surface area contributed by atoms with Crippen LogP contribution in [0.2, 0.25) is 0 Å². The molecule has 1 unspecified atom stereocenters. The van der Waals surface area contributed by atoms with Gasteiger partial charge in [0.15, 0.2) is 0 Å². The van der Waals surface area contributed by atoms with E-state index in [1.165, 1.54) is 19.3 Å². The largest absolute Gasteiger partial charge is 0.312 e. The van der Waals surface area contributed by atoms with E-state index >= 15 is 0 Å². The van der Waals surface area contributed by atoms with Crippen LogP contribution >= 0.6 is 0 Å². The molecule has 0 saturated carbocycles. The molecule has 0 rings (SSSR count). The maximum Gasteiger partial charge on any atom is 0.00966 e. The van der Waals surface area contributed by atoms with Gasteiger partial charge in [0.1, 0.15) is 0 Å². The lowest BCUT2D eigenvalue weighted by molar-refractivity contribution is 0.430. The number of hydrogen-bond donors (Lipinski definition) is 1. The first-order chi connectivity index (χ1) is 7.35. The Kier molecular flexibility index (Phi) is 7.74. The summed E-state index contributed by atoms with van der Waals surface area (Å²) >= 11 is 0. The average Bonchev–Trinajstić information content (AvgIpc) is 2.11. The quantitative estimate of drug-likeness (QED) is 0.495. The zero-order chi connectivity index (χ0) is 12.6. The Morgan fingerprint density at radius 3 is 2.44 bits per heavy atom. The topological polar surface area (TPSA) is 12.0 Å². The van der Waals surface area contributed by atoms with Gasteiger partial charge < -0.3 is 5.32 Å². The summed E-state index contributed by atoms with van der Waals surface area (Å²) in [5, 5.41) is 3.51. The van der Waals surface area contributed by atoms with Crippen molar-refractivity contribution in [1.29, 1.82) is 0 Å². The maximum atomic E-state index is 3.51. The highest BCUT2D eigenvalue weighted by molar-refractivity contribution is 4.99. The highest BCUT2D eigenvalue weighted by atomic mass is 14.9. The summed E-state index contributed by atoms with van der Waals surface area (Å²) in [6.07, 6.45) is 7.47. The van der Waals surface area contributed by atoms with Gasteiger partial charge in [0.05, 0.1) is 0 Å². The summed E-state index contributed by atoms with van der Waals surface area (Å²) in [6.45, 7) is 14.6. The van der Waals surface area contributed by atoms with Gasteiger partial charge in [-0.25, -0.2) is 0 Å². The Morgan fingerprint density at radius 2 is 1.94 bits per heavy atom. The molecular formula is C15H31N. The van der Waals surface area contributed by atoms with Gasteiger partial charge in [0, 0.05) is 5.54 Å². The monoisotopic (exact) mass is 225 g/mol. The van der Waals surface area contributed by atoms with Crippen molar-refractivity contribution in [1.82, 2.24) is 5.32 Å². The summed E-state index contributed by atoms with van der Waals surface area (Å²) < 4.78 is 0. The highest BCUT2D eigenvalue weighted by Crippen LogP contribution is 2.16. The van der Waals surface area contributed by atoms with Gasteiger partial charge >= 0.3 is 0 Å². The average molecular weight is 225 g/mol. The van der Waals surface area contributed by atoms with Gasteiger partial charge in [0.2, 0.25) is 0 Å². The zero-order valence-corrected chi connectivity index (χ0v) is 12.2. The van der Waals surface area contributed by atoms with Gasteiger partial charge in [-0.05, 0) is 53.0 Å². The fourth-order valence-corrected chi connectivity index (χ4v) is 1.99. The standard InChI is InChI=1S/C15H31N/c1-7-9-13(2)12-14(3)10-8-11-16-15(4,5)6/h10,13,16H,7-9,11-12H2,1-6H3. The number of hydrogen-bond acceptors (Lipinski definition) is 1. The molecule has 0 fully saturated rings. The minimum atomic E-state index is 0.247. The lowest BCUT2D eigenvalue weighted by atomic mass is 9.97. The molecule has 0 aliphatic carbocycles. The van der Waals surface area contributed by atoms with Crippen LogP contribution in [0.5, 0.6) is 0 Å². The van der Waals surface area contributed by atoms with Gasteiger partial charge in [-0.1, -0.05) is 38.3 Å². The van der Waals surface area contributed by atoms with Crippen molar-refractivity contribution in [2.24, 2.45) is 5.92 Å². The van der Waals surface area contributed by atoms with Crippen molar-refractivity contribution in [3.05, 3.63) is 11.6 Å². The van der Waals surface area contributed by atoms with E-state index in [9.17, 15) is 0 Å². The molecule has 1 atom stereocenters. The molecular weight excluding hydrogens is 194 g/mol. The molecule has 96 valence electrons. The van der Waals surface area contributed by atoms with Crippen LogP contribution in [0, 0.1) is 5.92 Å². The van der Waals surface area contributed by atoms with Crippen molar-refractivity contribution in [3.63, 3.8) is 0 Å². The Hall–Kier alpha value is -0.300. The second-order valence-electron chi connectivity index (χ2n) is 6.11. The Bertz CT molecular complexity index is 198. The molecule has 0 heterocycles. The molecule has 0 aromatic heterocycles. The molecule has 0 saturated heterocycles. The fraction of sp³-hybridized carbons (Fsp3) is 0.867. The number of nitrogens with one attached hydrogen (secondary N) is 1. The molecule has 0 aliphatic heterocycles. The van der Waals surface area contributed by atoms with Crippen LogP contribution in [0.25, 0.3) is 0 Å². The first kappa shape index (κ1) is 15.7. The molecule has 0 aliphatic rings. The minimum Gasteiger partial charge on any atom is -0.312 e. The van der Waals surface area contributed by atoms with Gasteiger partial charge in [-0.3, -0.25) is 0 Å². The van der Waals surface area contributed by atoms with Gasteiger partial charge in [-0.2, -0.15) is 0 Å². The molecule has 1 nitrogen and oxygen atoms in total. The number of rotatable bonds is 7. The molecule has 0 aromatic rings. The highest BCUT2D eigenvalue weighted by Gasteiger charge is 2.06. The van der Waals surface area contributed by atoms with Crippen LogP contribution in [0.3, 0.4) is 0 Å². The summed E-state index contributed by atoms with van der Waals surface area (Å²) in [5.41, 5.74) is 1.80. The predicted molar refractivity (Wildman–Crippen MR) is 74.8 cm³/mol. The number of allylic oxidation sites excluding steroid dienone is 1. The van der Waals surface area contributed by atoms with E-state index in [-0.39, 0.29) is 5.54 Å². The van der Waals surface area contributed by atoms with Crippen molar-refractivity contribution in [2.45, 2.75) is 72.8 Å². The van der Waals surface area contributed by atoms with E-state index in [1.54, 1.807) is 5.57 Å². The third kappa shape index (κ3) is 10.2. The van der Waals surface area contributed by atoms with Crippen LogP contribution in [0.15, 0.2) is 11.6 Å². The third-order valence-corrected chi connectivity index (χ3v) is 2.74. The molecule has 0 amide bonds. The van der Waals surface area contributed by atoms with E-state index in [2.05, 4.69) is 52.9 Å². The molecule has 0 spiro atoms. The summed E-state index contributed by atoms with van der Waals surface area (Å²) in [5.74, 6) is 0.844. The van der Waals surface area contributed by atoms with Gasteiger partial charge in [-0.15, -0.1) is 0 Å². The lowest BCUT2D eigenvalue weighted by Gasteiger charge is -2.20.